The standard InChI is InChI=1S/C27H29F3N8O2/c1-26(2,3)24-36-22(37-40-24)23(39)33-19-8-6-5-7-15-13-16(9-10-17(15)19)18-11-12-31-25(34-18)35-20-14-32-38(4)21(20)27(28,29)30/h9-14,19H,5-8H2,1-4H3,(H,33,39)(H,31,34,35). The Morgan fingerprint density at radius 1 is 1.12 bits per heavy atom. The van der Waals surface area contributed by atoms with E-state index in [0.717, 1.165) is 53.3 Å². The van der Waals surface area contributed by atoms with Gasteiger partial charge in [0.2, 0.25) is 11.8 Å². The van der Waals surface area contributed by atoms with Crippen molar-refractivity contribution in [2.24, 2.45) is 7.05 Å². The lowest BCUT2D eigenvalue weighted by Crippen LogP contribution is -2.29. The van der Waals surface area contributed by atoms with E-state index in [1.54, 1.807) is 6.07 Å². The summed E-state index contributed by atoms with van der Waals surface area (Å²) in [6.45, 7) is 5.78. The van der Waals surface area contributed by atoms with Gasteiger partial charge in [-0.25, -0.2) is 9.97 Å². The quantitative estimate of drug-likeness (QED) is 0.309. The van der Waals surface area contributed by atoms with E-state index in [9.17, 15) is 18.0 Å². The summed E-state index contributed by atoms with van der Waals surface area (Å²) in [4.78, 5) is 25.7. The average Bonchev–Trinajstić information content (AvgIpc) is 3.48. The van der Waals surface area contributed by atoms with Gasteiger partial charge in [-0.1, -0.05) is 44.5 Å². The number of benzene rings is 1. The lowest BCUT2D eigenvalue weighted by molar-refractivity contribution is -0.143. The molecule has 3 heterocycles. The zero-order chi connectivity index (χ0) is 28.7. The number of fused-ring (bicyclic) bond motifs is 1. The van der Waals surface area contributed by atoms with Gasteiger partial charge in [0, 0.05) is 24.2 Å². The summed E-state index contributed by atoms with van der Waals surface area (Å²) in [5.41, 5.74) is 1.86. The lowest BCUT2D eigenvalue weighted by atomic mass is 9.95. The van der Waals surface area contributed by atoms with Gasteiger partial charge in [0.05, 0.1) is 23.6 Å². The van der Waals surface area contributed by atoms with Crippen LogP contribution >= 0.6 is 0 Å². The maximum absolute atomic E-state index is 13.5. The molecule has 4 aromatic rings. The van der Waals surface area contributed by atoms with E-state index in [0.29, 0.717) is 11.6 Å². The molecule has 1 unspecified atom stereocenters. The van der Waals surface area contributed by atoms with Gasteiger partial charge in [-0.3, -0.25) is 9.48 Å². The molecule has 3 aromatic heterocycles. The highest BCUT2D eigenvalue weighted by Crippen LogP contribution is 2.36. The van der Waals surface area contributed by atoms with E-state index in [1.807, 2.05) is 39.0 Å². The first-order valence-corrected chi connectivity index (χ1v) is 12.9. The van der Waals surface area contributed by atoms with Crippen LogP contribution in [0, 0.1) is 0 Å². The van der Waals surface area contributed by atoms with Gasteiger partial charge in [-0.2, -0.15) is 23.3 Å². The molecular weight excluding hydrogens is 525 g/mol. The molecule has 0 spiro atoms. The molecule has 210 valence electrons. The second-order valence-electron chi connectivity index (χ2n) is 10.8. The van der Waals surface area contributed by atoms with Crippen molar-refractivity contribution in [3.8, 4) is 11.3 Å². The molecule has 0 fully saturated rings. The molecule has 0 bridgehead atoms. The summed E-state index contributed by atoms with van der Waals surface area (Å²) in [5, 5.41) is 13.3. The second-order valence-corrected chi connectivity index (χ2v) is 10.8. The minimum atomic E-state index is -4.59. The molecule has 1 aromatic carbocycles. The maximum atomic E-state index is 13.5. The smallest absolute Gasteiger partial charge is 0.342 e. The Morgan fingerprint density at radius 2 is 1.93 bits per heavy atom. The summed E-state index contributed by atoms with van der Waals surface area (Å²) in [6, 6.07) is 7.30. The van der Waals surface area contributed by atoms with E-state index in [-0.39, 0.29) is 28.9 Å². The Morgan fingerprint density at radius 3 is 2.65 bits per heavy atom. The molecule has 1 aliphatic carbocycles. The van der Waals surface area contributed by atoms with Crippen LogP contribution in [0.5, 0.6) is 0 Å². The van der Waals surface area contributed by atoms with E-state index in [4.69, 9.17) is 4.52 Å². The number of aryl methyl sites for hydroxylation is 2. The SMILES string of the molecule is Cn1ncc(Nc2nccc(-c3ccc4c(c3)CCCCC4NC(=O)c3noc(C(C)(C)C)n3)n2)c1C(F)(F)F. The third-order valence-electron chi connectivity index (χ3n) is 6.69. The van der Waals surface area contributed by atoms with Gasteiger partial charge in [-0.05, 0) is 42.5 Å². The molecular formula is C27H29F3N8O2. The Hall–Kier alpha value is -4.29. The van der Waals surface area contributed by atoms with Crippen LogP contribution in [0.4, 0.5) is 24.8 Å². The first kappa shape index (κ1) is 27.3. The lowest BCUT2D eigenvalue weighted by Gasteiger charge is -2.19. The molecule has 1 amide bonds. The number of rotatable bonds is 5. The topological polar surface area (TPSA) is 124 Å². The van der Waals surface area contributed by atoms with Crippen molar-refractivity contribution in [1.82, 2.24) is 35.2 Å². The average molecular weight is 555 g/mol. The first-order chi connectivity index (χ1) is 18.9. The predicted octanol–water partition coefficient (Wildman–Crippen LogP) is 5.52. The molecule has 0 radical (unpaired) electrons. The van der Waals surface area contributed by atoms with E-state index < -0.39 is 17.8 Å². The molecule has 0 aliphatic heterocycles. The van der Waals surface area contributed by atoms with Crippen molar-refractivity contribution in [3.05, 3.63) is 65.2 Å². The number of hydrogen-bond acceptors (Lipinski definition) is 8. The fourth-order valence-corrected chi connectivity index (χ4v) is 4.70. The van der Waals surface area contributed by atoms with Crippen LogP contribution < -0.4 is 10.6 Å². The number of halogens is 3. The number of aromatic nitrogens is 6. The minimum Gasteiger partial charge on any atom is -0.342 e. The van der Waals surface area contributed by atoms with Gasteiger partial charge in [0.1, 0.15) is 0 Å². The van der Waals surface area contributed by atoms with Crippen molar-refractivity contribution in [2.75, 3.05) is 5.32 Å². The number of nitrogens with zero attached hydrogens (tertiary/aromatic N) is 6. The zero-order valence-corrected chi connectivity index (χ0v) is 22.5. The Bertz CT molecular complexity index is 1540. The van der Waals surface area contributed by atoms with Crippen molar-refractivity contribution in [1.29, 1.82) is 0 Å². The Balaban J connectivity index is 1.37. The monoisotopic (exact) mass is 554 g/mol. The molecule has 2 N–H and O–H groups in total. The zero-order valence-electron chi connectivity index (χ0n) is 22.5. The van der Waals surface area contributed by atoms with E-state index in [2.05, 4.69) is 35.8 Å². The van der Waals surface area contributed by atoms with Gasteiger partial charge >= 0.3 is 6.18 Å². The van der Waals surface area contributed by atoms with Crippen molar-refractivity contribution in [2.45, 2.75) is 64.1 Å². The molecule has 10 nitrogen and oxygen atoms in total. The van der Waals surface area contributed by atoms with Gasteiger partial charge in [0.25, 0.3) is 11.7 Å². The fraction of sp³-hybridized carbons (Fsp3) is 0.407. The highest BCUT2D eigenvalue weighted by atomic mass is 19.4. The third-order valence-corrected chi connectivity index (χ3v) is 6.69. The number of amides is 1. The minimum absolute atomic E-state index is 0.00402. The van der Waals surface area contributed by atoms with Gasteiger partial charge in [-0.15, -0.1) is 0 Å². The second kappa shape index (κ2) is 10.4. The van der Waals surface area contributed by atoms with E-state index >= 15 is 0 Å². The van der Waals surface area contributed by atoms with Gasteiger partial charge < -0.3 is 15.2 Å². The molecule has 0 saturated carbocycles. The van der Waals surface area contributed by atoms with Crippen LogP contribution in [-0.2, 0) is 25.1 Å². The number of hydrogen-bond donors (Lipinski definition) is 2. The van der Waals surface area contributed by atoms with Crippen molar-refractivity contribution in [3.63, 3.8) is 0 Å². The summed E-state index contributed by atoms with van der Waals surface area (Å²) < 4.78 is 46.4. The van der Waals surface area contributed by atoms with Crippen molar-refractivity contribution < 1.29 is 22.5 Å². The molecule has 5 rings (SSSR count). The number of alkyl halides is 3. The number of carbonyl (C=O) groups excluding carboxylic acids is 1. The van der Waals surface area contributed by atoms with E-state index in [1.165, 1.54) is 13.2 Å². The third kappa shape index (κ3) is 5.68. The van der Waals surface area contributed by atoms with Crippen LogP contribution in [-0.4, -0.2) is 35.8 Å². The van der Waals surface area contributed by atoms with Crippen molar-refractivity contribution >= 4 is 17.5 Å². The highest BCUT2D eigenvalue weighted by Gasteiger charge is 2.38. The normalized spacial score (nSPS) is 15.8. The van der Waals surface area contributed by atoms with Gasteiger partial charge in [0.15, 0.2) is 5.69 Å². The van der Waals surface area contributed by atoms with Crippen LogP contribution in [0.15, 0.2) is 41.2 Å². The van der Waals surface area contributed by atoms with Crippen LogP contribution in [0.25, 0.3) is 11.3 Å². The highest BCUT2D eigenvalue weighted by molar-refractivity contribution is 5.90. The van der Waals surface area contributed by atoms with Crippen LogP contribution in [0.3, 0.4) is 0 Å². The fourth-order valence-electron chi connectivity index (χ4n) is 4.70. The first-order valence-electron chi connectivity index (χ1n) is 12.9. The summed E-state index contributed by atoms with van der Waals surface area (Å²) >= 11 is 0. The number of nitrogens with one attached hydrogen (secondary N) is 2. The molecule has 40 heavy (non-hydrogen) atoms. The largest absolute Gasteiger partial charge is 0.435 e. The molecule has 13 heteroatoms. The molecule has 1 atom stereocenters. The summed E-state index contributed by atoms with van der Waals surface area (Å²) in [7, 11) is 1.22. The number of carbonyl (C=O) groups is 1. The van der Waals surface area contributed by atoms with Crippen LogP contribution in [0.1, 0.15) is 79.4 Å². The summed E-state index contributed by atoms with van der Waals surface area (Å²) in [6.07, 6.45) is 1.42. The Labute approximate surface area is 228 Å². The molecule has 1 aliphatic rings. The molecule has 0 saturated heterocycles. The number of anilines is 2. The summed E-state index contributed by atoms with van der Waals surface area (Å²) in [5.74, 6) is 0.00298. The van der Waals surface area contributed by atoms with Crippen LogP contribution in [0.2, 0.25) is 0 Å². The maximum Gasteiger partial charge on any atom is 0.435 e. The predicted molar refractivity (Wildman–Crippen MR) is 140 cm³/mol. The Kier molecular flexibility index (Phi) is 7.06.